The third kappa shape index (κ3) is 2.78. The molecule has 1 rings (SSSR count). The molecule has 0 aliphatic heterocycles. The Morgan fingerprint density at radius 2 is 2.50 bits per heavy atom. The summed E-state index contributed by atoms with van der Waals surface area (Å²) in [6.45, 7) is 4.24. The fraction of sp³-hybridized carbons (Fsp3) is 0.556. The summed E-state index contributed by atoms with van der Waals surface area (Å²) in [7, 11) is 1.61. The van der Waals surface area contributed by atoms with Gasteiger partial charge in [0.2, 0.25) is 0 Å². The van der Waals surface area contributed by atoms with Gasteiger partial charge in [-0.3, -0.25) is 4.79 Å². The number of hydrogen-bond acceptors (Lipinski definition) is 4. The number of methoxy groups -OCH3 is 1. The monoisotopic (exact) mass is 214 g/mol. The SMILES string of the molecule is COC[C@H](C)NC(=O)c1scnc1C. The molecule has 0 fully saturated rings. The molecule has 0 aromatic carbocycles. The predicted octanol–water partition coefficient (Wildman–Crippen LogP) is 1.22. The molecule has 0 spiro atoms. The number of rotatable bonds is 4. The zero-order valence-electron chi connectivity index (χ0n) is 8.53. The molecule has 0 aliphatic rings. The van der Waals surface area contributed by atoms with E-state index >= 15 is 0 Å². The zero-order valence-corrected chi connectivity index (χ0v) is 9.35. The van der Waals surface area contributed by atoms with Gasteiger partial charge in [0.25, 0.3) is 5.91 Å². The average molecular weight is 214 g/mol. The molecule has 14 heavy (non-hydrogen) atoms. The molecule has 0 unspecified atom stereocenters. The molecule has 1 atom stereocenters. The van der Waals surface area contributed by atoms with Crippen molar-refractivity contribution >= 4 is 17.2 Å². The number of hydrogen-bond donors (Lipinski definition) is 1. The van der Waals surface area contributed by atoms with Crippen molar-refractivity contribution in [2.75, 3.05) is 13.7 Å². The van der Waals surface area contributed by atoms with E-state index in [-0.39, 0.29) is 11.9 Å². The quantitative estimate of drug-likeness (QED) is 0.819. The van der Waals surface area contributed by atoms with Crippen molar-refractivity contribution < 1.29 is 9.53 Å². The second kappa shape index (κ2) is 5.07. The molecule has 1 aromatic heterocycles. The van der Waals surface area contributed by atoms with Crippen LogP contribution in [-0.2, 0) is 4.74 Å². The molecule has 1 N–H and O–H groups in total. The molecular formula is C9H14N2O2S. The van der Waals surface area contributed by atoms with E-state index in [0.717, 1.165) is 5.69 Å². The standard InChI is InChI=1S/C9H14N2O2S/c1-6(4-13-3)11-9(12)8-7(2)10-5-14-8/h5-6H,4H2,1-3H3,(H,11,12)/t6-/m0/s1. The van der Waals surface area contributed by atoms with Gasteiger partial charge in [0.05, 0.1) is 17.8 Å². The van der Waals surface area contributed by atoms with Crippen molar-refractivity contribution in [1.29, 1.82) is 0 Å². The van der Waals surface area contributed by atoms with E-state index in [4.69, 9.17) is 4.74 Å². The molecule has 4 nitrogen and oxygen atoms in total. The molecule has 0 saturated heterocycles. The maximum atomic E-state index is 11.6. The normalized spacial score (nSPS) is 12.5. The van der Waals surface area contributed by atoms with Crippen LogP contribution < -0.4 is 5.32 Å². The first-order chi connectivity index (χ1) is 6.65. The fourth-order valence-electron chi connectivity index (χ4n) is 1.10. The topological polar surface area (TPSA) is 51.2 Å². The smallest absolute Gasteiger partial charge is 0.263 e. The molecule has 1 aromatic rings. The lowest BCUT2D eigenvalue weighted by molar-refractivity contribution is 0.0909. The third-order valence-electron chi connectivity index (χ3n) is 1.75. The summed E-state index contributed by atoms with van der Waals surface area (Å²) in [5, 5.41) is 2.83. The molecule has 1 heterocycles. The van der Waals surface area contributed by atoms with Gasteiger partial charge < -0.3 is 10.1 Å². The summed E-state index contributed by atoms with van der Waals surface area (Å²) >= 11 is 1.35. The Morgan fingerprint density at radius 1 is 1.79 bits per heavy atom. The van der Waals surface area contributed by atoms with Gasteiger partial charge in [-0.25, -0.2) is 4.98 Å². The van der Waals surface area contributed by atoms with Crippen LogP contribution in [-0.4, -0.2) is 30.6 Å². The molecule has 0 saturated carbocycles. The second-order valence-electron chi connectivity index (χ2n) is 3.10. The van der Waals surface area contributed by atoms with Crippen LogP contribution in [0, 0.1) is 6.92 Å². The van der Waals surface area contributed by atoms with Crippen molar-refractivity contribution in [2.45, 2.75) is 19.9 Å². The summed E-state index contributed by atoms with van der Waals surface area (Å²) in [5.74, 6) is -0.0745. The van der Waals surface area contributed by atoms with Crippen molar-refractivity contribution in [3.63, 3.8) is 0 Å². The van der Waals surface area contributed by atoms with E-state index in [1.54, 1.807) is 12.6 Å². The highest BCUT2D eigenvalue weighted by Crippen LogP contribution is 2.11. The molecule has 5 heteroatoms. The van der Waals surface area contributed by atoms with Crippen LogP contribution in [0.5, 0.6) is 0 Å². The van der Waals surface area contributed by atoms with Crippen molar-refractivity contribution in [2.24, 2.45) is 0 Å². The number of carbonyl (C=O) groups excluding carboxylic acids is 1. The number of nitrogens with zero attached hydrogens (tertiary/aromatic N) is 1. The van der Waals surface area contributed by atoms with Crippen LogP contribution in [0.25, 0.3) is 0 Å². The van der Waals surface area contributed by atoms with Gasteiger partial charge in [-0.1, -0.05) is 0 Å². The molecule has 0 aliphatic carbocycles. The van der Waals surface area contributed by atoms with Crippen LogP contribution in [0.3, 0.4) is 0 Å². The third-order valence-corrected chi connectivity index (χ3v) is 2.67. The summed E-state index contributed by atoms with van der Waals surface area (Å²) in [4.78, 5) is 16.3. The van der Waals surface area contributed by atoms with E-state index in [0.29, 0.717) is 11.5 Å². The van der Waals surface area contributed by atoms with Gasteiger partial charge in [-0.05, 0) is 13.8 Å². The number of thiazole rings is 1. The summed E-state index contributed by atoms with van der Waals surface area (Å²) in [6.07, 6.45) is 0. The lowest BCUT2D eigenvalue weighted by atomic mass is 10.3. The number of nitrogens with one attached hydrogen (secondary N) is 1. The van der Waals surface area contributed by atoms with E-state index < -0.39 is 0 Å². The van der Waals surface area contributed by atoms with E-state index in [9.17, 15) is 4.79 Å². The Labute approximate surface area is 87.3 Å². The first-order valence-electron chi connectivity index (χ1n) is 4.35. The Hall–Kier alpha value is -0.940. The summed E-state index contributed by atoms with van der Waals surface area (Å²) in [5.41, 5.74) is 2.45. The van der Waals surface area contributed by atoms with Crippen LogP contribution in [0.4, 0.5) is 0 Å². The second-order valence-corrected chi connectivity index (χ2v) is 3.95. The fourth-order valence-corrected chi connectivity index (χ4v) is 1.81. The van der Waals surface area contributed by atoms with Gasteiger partial charge in [-0.15, -0.1) is 11.3 Å². The minimum Gasteiger partial charge on any atom is -0.383 e. The predicted molar refractivity (Wildman–Crippen MR) is 55.7 cm³/mol. The Bertz CT molecular complexity index is 312. The highest BCUT2D eigenvalue weighted by atomic mass is 32.1. The zero-order chi connectivity index (χ0) is 10.6. The number of carbonyl (C=O) groups is 1. The lowest BCUT2D eigenvalue weighted by Gasteiger charge is -2.11. The van der Waals surface area contributed by atoms with E-state index in [2.05, 4.69) is 10.3 Å². The van der Waals surface area contributed by atoms with Crippen LogP contribution in [0.2, 0.25) is 0 Å². The first kappa shape index (κ1) is 11.1. The van der Waals surface area contributed by atoms with Crippen molar-refractivity contribution in [3.05, 3.63) is 16.1 Å². The number of aromatic nitrogens is 1. The highest BCUT2D eigenvalue weighted by Gasteiger charge is 2.13. The Kier molecular flexibility index (Phi) is 4.03. The van der Waals surface area contributed by atoms with Gasteiger partial charge in [-0.2, -0.15) is 0 Å². The van der Waals surface area contributed by atoms with Crippen LogP contribution in [0.15, 0.2) is 5.51 Å². The van der Waals surface area contributed by atoms with E-state index in [1.807, 2.05) is 13.8 Å². The first-order valence-corrected chi connectivity index (χ1v) is 5.23. The highest BCUT2D eigenvalue weighted by molar-refractivity contribution is 7.11. The van der Waals surface area contributed by atoms with Crippen LogP contribution >= 0.6 is 11.3 Å². The molecule has 0 bridgehead atoms. The van der Waals surface area contributed by atoms with Crippen molar-refractivity contribution in [1.82, 2.24) is 10.3 Å². The van der Waals surface area contributed by atoms with Gasteiger partial charge in [0.1, 0.15) is 4.88 Å². The maximum absolute atomic E-state index is 11.6. The molecule has 78 valence electrons. The number of ether oxygens (including phenoxy) is 1. The average Bonchev–Trinajstić information content (AvgIpc) is 2.51. The summed E-state index contributed by atoms with van der Waals surface area (Å²) in [6, 6.07) is 0.0222. The minimum atomic E-state index is -0.0745. The maximum Gasteiger partial charge on any atom is 0.263 e. The van der Waals surface area contributed by atoms with Gasteiger partial charge in [0, 0.05) is 13.2 Å². The van der Waals surface area contributed by atoms with Crippen LogP contribution in [0.1, 0.15) is 22.3 Å². The minimum absolute atomic E-state index is 0.0222. The van der Waals surface area contributed by atoms with Gasteiger partial charge >= 0.3 is 0 Å². The largest absolute Gasteiger partial charge is 0.383 e. The van der Waals surface area contributed by atoms with E-state index in [1.165, 1.54) is 11.3 Å². The molecular weight excluding hydrogens is 200 g/mol. The molecule has 1 amide bonds. The lowest BCUT2D eigenvalue weighted by Crippen LogP contribution is -2.35. The summed E-state index contributed by atoms with van der Waals surface area (Å²) < 4.78 is 4.93. The number of aryl methyl sites for hydroxylation is 1. The Morgan fingerprint density at radius 3 is 3.00 bits per heavy atom. The molecule has 0 radical (unpaired) electrons. The number of amides is 1. The van der Waals surface area contributed by atoms with Gasteiger partial charge in [0.15, 0.2) is 0 Å². The Balaban J connectivity index is 2.55. The van der Waals surface area contributed by atoms with Crippen molar-refractivity contribution in [3.8, 4) is 0 Å².